The quantitative estimate of drug-likeness (QED) is 0.198. The molecule has 1 heteroatoms. The first-order valence-electron chi connectivity index (χ1n) is 17.7. The van der Waals surface area contributed by atoms with Crippen molar-refractivity contribution in [2.75, 3.05) is 0 Å². The number of furan rings is 1. The molecule has 0 saturated carbocycles. The van der Waals surface area contributed by atoms with Crippen molar-refractivity contribution in [1.82, 2.24) is 0 Å². The van der Waals surface area contributed by atoms with Crippen molar-refractivity contribution < 1.29 is 14.0 Å². The van der Waals surface area contributed by atoms with E-state index in [2.05, 4.69) is 48.5 Å². The van der Waals surface area contributed by atoms with E-state index in [9.17, 15) is 1.37 Å². The van der Waals surface area contributed by atoms with Gasteiger partial charge in [0.05, 0.1) is 9.60 Å². The molecule has 0 radical (unpaired) electrons. The highest BCUT2D eigenvalue weighted by atomic mass is 16.3. The largest absolute Gasteiger partial charge is 0.455 e. The Morgan fingerprint density at radius 2 is 1.07 bits per heavy atom. The van der Waals surface area contributed by atoms with Gasteiger partial charge < -0.3 is 4.42 Å². The van der Waals surface area contributed by atoms with Crippen LogP contribution in [0.1, 0.15) is 9.60 Å². The summed E-state index contributed by atoms with van der Waals surface area (Å²) in [6, 6.07) is 35.7. The van der Waals surface area contributed by atoms with Gasteiger partial charge in [0.2, 0.25) is 0 Å². The third kappa shape index (κ3) is 3.72. The topological polar surface area (TPSA) is 13.1 Å². The summed E-state index contributed by atoms with van der Waals surface area (Å²) in [4.78, 5) is 0. The van der Waals surface area contributed by atoms with Crippen LogP contribution in [0.15, 0.2) is 162 Å². The molecule has 200 valence electrons. The van der Waals surface area contributed by atoms with Gasteiger partial charge in [-0.05, 0) is 78.3 Å². The van der Waals surface area contributed by atoms with Crippen molar-refractivity contribution in [2.45, 2.75) is 0 Å². The van der Waals surface area contributed by atoms with Crippen molar-refractivity contribution in [3.8, 4) is 33.4 Å². The Kier molecular flexibility index (Phi) is 3.95. The van der Waals surface area contributed by atoms with Crippen molar-refractivity contribution in [1.29, 1.82) is 0 Å². The van der Waals surface area contributed by atoms with Gasteiger partial charge in [-0.2, -0.15) is 0 Å². The second-order valence-electron chi connectivity index (χ2n) is 10.7. The van der Waals surface area contributed by atoms with E-state index in [1.165, 1.54) is 0 Å². The van der Waals surface area contributed by atoms with Gasteiger partial charge in [0, 0.05) is 16.3 Å². The van der Waals surface area contributed by atoms with Crippen LogP contribution in [0.4, 0.5) is 0 Å². The summed E-state index contributed by atoms with van der Waals surface area (Å²) >= 11 is 0. The normalized spacial score (nSPS) is 14.0. The van der Waals surface area contributed by atoms with Crippen molar-refractivity contribution >= 4 is 54.3 Å². The minimum Gasteiger partial charge on any atom is -0.455 e. The average Bonchev–Trinajstić information content (AvgIpc) is 3.52. The predicted octanol–water partition coefficient (Wildman–Crippen LogP) is 12.0. The zero-order valence-electron chi connectivity index (χ0n) is 29.9. The van der Waals surface area contributed by atoms with E-state index in [1.807, 2.05) is 66.7 Å². The van der Waals surface area contributed by atoms with E-state index >= 15 is 0 Å². The number of para-hydroxylation sites is 1. The van der Waals surface area contributed by atoms with Crippen LogP contribution in [0, 0.1) is 0 Å². The van der Waals surface area contributed by atoms with Crippen LogP contribution >= 0.6 is 0 Å². The van der Waals surface area contributed by atoms with Gasteiger partial charge in [-0.1, -0.05) is 139 Å². The molecule has 0 fully saturated rings. The standard InChI is InChI=1S/C42H26O/c1-2-12-28(13-3-1)32-19-10-20-38-33-24-23-31(26-39(33)43-42(32)38)41-36-17-8-6-15-34(36)40(35-16-7-9-18-37(35)41)30-22-21-27-11-4-5-14-29(27)25-30/h1-26H/i4D,5D,11D,14D,21D,22D,25D. The van der Waals surface area contributed by atoms with Gasteiger partial charge in [-0.15, -0.1) is 0 Å². The molecule has 0 bridgehead atoms. The highest BCUT2D eigenvalue weighted by Gasteiger charge is 2.18. The fourth-order valence-corrected chi connectivity index (χ4v) is 6.41. The van der Waals surface area contributed by atoms with Crippen LogP contribution in [0.3, 0.4) is 0 Å². The molecule has 43 heavy (non-hydrogen) atoms. The number of benzene rings is 8. The molecule has 0 aliphatic carbocycles. The summed E-state index contributed by atoms with van der Waals surface area (Å²) in [7, 11) is 0. The van der Waals surface area contributed by atoms with E-state index < -0.39 is 18.1 Å². The second kappa shape index (κ2) is 9.44. The van der Waals surface area contributed by atoms with Gasteiger partial charge in [0.1, 0.15) is 11.2 Å². The Bertz CT molecular complexity index is 2840. The summed E-state index contributed by atoms with van der Waals surface area (Å²) in [5.41, 5.74) is 6.30. The number of hydrogen-bond donors (Lipinski definition) is 0. The maximum atomic E-state index is 9.35. The molecule has 0 atom stereocenters. The predicted molar refractivity (Wildman–Crippen MR) is 183 cm³/mol. The van der Waals surface area contributed by atoms with Gasteiger partial charge in [0.15, 0.2) is 0 Å². The minimum atomic E-state index is -0.486. The highest BCUT2D eigenvalue weighted by molar-refractivity contribution is 6.22. The van der Waals surface area contributed by atoms with Crippen LogP contribution in [0.25, 0.3) is 87.6 Å². The first-order chi connectivity index (χ1) is 24.3. The molecule has 0 N–H and O–H groups in total. The molecule has 8 aromatic carbocycles. The lowest BCUT2D eigenvalue weighted by molar-refractivity contribution is 0.670. The smallest absolute Gasteiger partial charge is 0.143 e. The molecular weight excluding hydrogens is 520 g/mol. The van der Waals surface area contributed by atoms with Crippen LogP contribution in [0.2, 0.25) is 0 Å². The van der Waals surface area contributed by atoms with Gasteiger partial charge in [-0.3, -0.25) is 0 Å². The molecule has 0 amide bonds. The number of rotatable bonds is 3. The minimum absolute atomic E-state index is 0.0607. The second-order valence-corrected chi connectivity index (χ2v) is 10.7. The summed E-state index contributed by atoms with van der Waals surface area (Å²) < 4.78 is 67.7. The van der Waals surface area contributed by atoms with E-state index in [4.69, 9.17) is 12.6 Å². The van der Waals surface area contributed by atoms with E-state index in [0.29, 0.717) is 5.56 Å². The molecule has 0 spiro atoms. The maximum Gasteiger partial charge on any atom is 0.143 e. The Labute approximate surface area is 259 Å². The van der Waals surface area contributed by atoms with Crippen molar-refractivity contribution in [3.63, 3.8) is 0 Å². The molecule has 9 rings (SSSR count). The number of hydrogen-bond acceptors (Lipinski definition) is 1. The SMILES string of the molecule is [2H]c1c([2H])c([2H])c2c([2H])c(-c3c4ccccc4c(-c4ccc5c(c4)oc4c(-c6ccccc6)cccc45)c4ccccc34)c([2H])c([2H])c2c1[2H]. The molecule has 9 aromatic rings. The molecule has 0 unspecified atom stereocenters. The van der Waals surface area contributed by atoms with E-state index in [1.54, 1.807) is 0 Å². The van der Waals surface area contributed by atoms with E-state index in [0.717, 1.165) is 65.7 Å². The number of fused-ring (bicyclic) bond motifs is 6. The first kappa shape index (κ1) is 18.0. The van der Waals surface area contributed by atoms with Gasteiger partial charge in [-0.25, -0.2) is 0 Å². The summed E-state index contributed by atoms with van der Waals surface area (Å²) in [5, 5.41) is 5.14. The zero-order valence-corrected chi connectivity index (χ0v) is 22.9. The van der Waals surface area contributed by atoms with Crippen molar-refractivity contribution in [3.05, 3.63) is 158 Å². The van der Waals surface area contributed by atoms with Crippen molar-refractivity contribution in [2.24, 2.45) is 0 Å². The maximum absolute atomic E-state index is 9.35. The molecular formula is C42H26O. The summed E-state index contributed by atoms with van der Waals surface area (Å²) in [6.07, 6.45) is 0. The molecule has 0 saturated heterocycles. The Morgan fingerprint density at radius 3 is 1.79 bits per heavy atom. The van der Waals surface area contributed by atoms with Crippen LogP contribution in [0.5, 0.6) is 0 Å². The molecule has 0 aliphatic heterocycles. The lowest BCUT2D eigenvalue weighted by Gasteiger charge is -2.18. The molecule has 1 aromatic heterocycles. The third-order valence-electron chi connectivity index (χ3n) is 8.30. The molecule has 1 nitrogen and oxygen atoms in total. The molecule has 0 aliphatic rings. The first-order valence-corrected chi connectivity index (χ1v) is 14.2. The Morgan fingerprint density at radius 1 is 0.442 bits per heavy atom. The van der Waals surface area contributed by atoms with Crippen LogP contribution in [-0.2, 0) is 0 Å². The van der Waals surface area contributed by atoms with E-state index in [-0.39, 0.29) is 40.5 Å². The lowest BCUT2D eigenvalue weighted by atomic mass is 9.85. The van der Waals surface area contributed by atoms with Gasteiger partial charge in [0.25, 0.3) is 0 Å². The summed E-state index contributed by atoms with van der Waals surface area (Å²) in [5.74, 6) is 0. The highest BCUT2D eigenvalue weighted by Crippen LogP contribution is 2.45. The van der Waals surface area contributed by atoms with Crippen LogP contribution < -0.4 is 0 Å². The van der Waals surface area contributed by atoms with Gasteiger partial charge >= 0.3 is 0 Å². The monoisotopic (exact) mass is 553 g/mol. The lowest BCUT2D eigenvalue weighted by Crippen LogP contribution is -1.90. The zero-order chi connectivity index (χ0) is 34.4. The fourth-order valence-electron chi connectivity index (χ4n) is 6.41. The van der Waals surface area contributed by atoms with Crippen LogP contribution in [-0.4, -0.2) is 0 Å². The fraction of sp³-hybridized carbons (Fsp3) is 0. The Balaban J connectivity index is 1.36. The average molecular weight is 554 g/mol. The summed E-state index contributed by atoms with van der Waals surface area (Å²) in [6.45, 7) is 0. The Hall–Kier alpha value is -5.66. The third-order valence-corrected chi connectivity index (χ3v) is 8.30. The molecule has 1 heterocycles.